The van der Waals surface area contributed by atoms with Gasteiger partial charge in [0.15, 0.2) is 12.6 Å². The zero-order valence-corrected chi connectivity index (χ0v) is 24.0. The smallest absolute Gasteiger partial charge is 0.271 e. The highest BCUT2D eigenvalue weighted by Gasteiger charge is 2.37. The van der Waals surface area contributed by atoms with E-state index in [9.17, 15) is 19.2 Å². The van der Waals surface area contributed by atoms with E-state index >= 15 is 0 Å². The fraction of sp³-hybridized carbons (Fsp3) is 0.483. The van der Waals surface area contributed by atoms with E-state index in [0.717, 1.165) is 25.7 Å². The minimum Gasteiger partial charge on any atom is -0.484 e. The summed E-state index contributed by atoms with van der Waals surface area (Å²) < 4.78 is 5.53. The maximum Gasteiger partial charge on any atom is 0.271 e. The molecule has 230 valence electrons. The number of aromatic nitrogens is 2. The number of nitrogens with one attached hydrogen (secondary N) is 4. The number of nitrogens with two attached hydrogens (primary N) is 1. The summed E-state index contributed by atoms with van der Waals surface area (Å²) in [5.41, 5.74) is 5.79. The molecular formula is C29H39N9O5. The number of benzene rings is 1. The second-order valence-corrected chi connectivity index (χ2v) is 10.7. The minimum absolute atomic E-state index is 0.00942. The monoisotopic (exact) mass is 593 g/mol. The number of piperidine rings is 1. The summed E-state index contributed by atoms with van der Waals surface area (Å²) in [5, 5.41) is 16.0. The first-order valence-corrected chi connectivity index (χ1v) is 14.5. The third kappa shape index (κ3) is 9.94. The highest BCUT2D eigenvalue weighted by Crippen LogP contribution is 2.27. The molecule has 0 radical (unpaired) electrons. The highest BCUT2D eigenvalue weighted by molar-refractivity contribution is 5.93. The van der Waals surface area contributed by atoms with E-state index < -0.39 is 23.8 Å². The lowest BCUT2D eigenvalue weighted by Gasteiger charge is -2.33. The Bertz CT molecular complexity index is 1260. The summed E-state index contributed by atoms with van der Waals surface area (Å²) in [4.78, 5) is 63.3. The first kappa shape index (κ1) is 31.2. The van der Waals surface area contributed by atoms with Gasteiger partial charge in [-0.25, -0.2) is 4.98 Å². The van der Waals surface area contributed by atoms with Gasteiger partial charge in [-0.3, -0.25) is 29.6 Å². The fourth-order valence-electron chi connectivity index (χ4n) is 4.92. The molecule has 1 aromatic carbocycles. The summed E-state index contributed by atoms with van der Waals surface area (Å²) in [7, 11) is 0. The molecule has 6 N–H and O–H groups in total. The van der Waals surface area contributed by atoms with Crippen molar-refractivity contribution in [3.8, 4) is 5.75 Å². The second-order valence-electron chi connectivity index (χ2n) is 10.7. The Morgan fingerprint density at radius 2 is 1.88 bits per heavy atom. The number of nitrogens with zero attached hydrogens (tertiary/aromatic N) is 4. The van der Waals surface area contributed by atoms with E-state index in [1.54, 1.807) is 34.1 Å². The van der Waals surface area contributed by atoms with Gasteiger partial charge in [0.1, 0.15) is 17.5 Å². The van der Waals surface area contributed by atoms with E-state index in [2.05, 4.69) is 25.9 Å². The summed E-state index contributed by atoms with van der Waals surface area (Å²) in [5.74, 6) is -1.10. The molecule has 0 unspecified atom stereocenters. The first-order chi connectivity index (χ1) is 20.8. The number of guanidine groups is 1. The highest BCUT2D eigenvalue weighted by atomic mass is 16.5. The average Bonchev–Trinajstić information content (AvgIpc) is 3.87. The molecule has 1 aromatic heterocycles. The first-order valence-electron chi connectivity index (χ1n) is 14.5. The molecule has 14 heteroatoms. The Balaban J connectivity index is 1.36. The third-order valence-electron chi connectivity index (χ3n) is 7.29. The van der Waals surface area contributed by atoms with Crippen LogP contribution in [0.2, 0.25) is 0 Å². The summed E-state index contributed by atoms with van der Waals surface area (Å²) in [6.07, 6.45) is 7.32. The molecule has 2 atom stereocenters. The van der Waals surface area contributed by atoms with Crippen molar-refractivity contribution >= 4 is 29.6 Å². The molecule has 0 spiro atoms. The van der Waals surface area contributed by atoms with Crippen molar-refractivity contribution in [1.82, 2.24) is 35.7 Å². The topological polar surface area (TPSA) is 196 Å². The van der Waals surface area contributed by atoms with Gasteiger partial charge in [-0.15, -0.1) is 0 Å². The number of carbonyl (C=O) groups excluding carboxylic acids is 4. The Morgan fingerprint density at radius 3 is 2.58 bits per heavy atom. The van der Waals surface area contributed by atoms with E-state index in [4.69, 9.17) is 15.9 Å². The predicted octanol–water partition coefficient (Wildman–Crippen LogP) is -0.127. The van der Waals surface area contributed by atoms with Gasteiger partial charge in [0.05, 0.1) is 12.6 Å². The molecule has 1 aliphatic carbocycles. The Kier molecular flexibility index (Phi) is 11.2. The molecule has 2 fully saturated rings. The predicted molar refractivity (Wildman–Crippen MR) is 157 cm³/mol. The second kappa shape index (κ2) is 15.5. The molecule has 2 aliphatic rings. The van der Waals surface area contributed by atoms with E-state index in [0.29, 0.717) is 25.4 Å². The quantitative estimate of drug-likeness (QED) is 0.146. The molecule has 14 nitrogen and oxygen atoms in total. The molecule has 1 saturated heterocycles. The average molecular weight is 594 g/mol. The molecule has 1 aliphatic heterocycles. The fourth-order valence-corrected chi connectivity index (χ4v) is 4.92. The molecular weight excluding hydrogens is 554 g/mol. The van der Waals surface area contributed by atoms with Crippen LogP contribution in [0.25, 0.3) is 0 Å². The molecule has 2 heterocycles. The van der Waals surface area contributed by atoms with Gasteiger partial charge in [-0.2, -0.15) is 0 Å². The molecule has 4 rings (SSSR count). The van der Waals surface area contributed by atoms with Crippen molar-refractivity contribution in [3.63, 3.8) is 0 Å². The van der Waals surface area contributed by atoms with Gasteiger partial charge in [0.2, 0.25) is 11.8 Å². The van der Waals surface area contributed by atoms with Gasteiger partial charge >= 0.3 is 0 Å². The Hall–Kier alpha value is -4.75. The van der Waals surface area contributed by atoms with Crippen LogP contribution in [0.1, 0.15) is 42.6 Å². The Labute approximate surface area is 250 Å². The van der Waals surface area contributed by atoms with Crippen molar-refractivity contribution in [2.24, 2.45) is 11.7 Å². The van der Waals surface area contributed by atoms with Crippen LogP contribution < -0.4 is 26.4 Å². The van der Waals surface area contributed by atoms with Crippen LogP contribution in [0.3, 0.4) is 0 Å². The van der Waals surface area contributed by atoms with Gasteiger partial charge in [-0.05, 0) is 43.7 Å². The molecule has 2 aromatic rings. The van der Waals surface area contributed by atoms with Gasteiger partial charge in [0.25, 0.3) is 11.8 Å². The van der Waals surface area contributed by atoms with E-state index in [-0.39, 0.29) is 55.6 Å². The van der Waals surface area contributed by atoms with Crippen LogP contribution in [0.15, 0.2) is 48.9 Å². The standard InChI is InChI=1S/C29H39N9O5/c30-29(31)37-13-4-5-20(18-37)16-35-25(39)15-23(36-26(40)19-43-22-6-2-1-3-7-22)28(42)38(21-8-9-21)14-12-34-27(41)24-17-32-10-11-33-24/h1-3,6-7,10-11,17,20-21,23H,4-5,8-9,12-16,18-19H2,(H3,30,31)(H,34,41)(H,35,39)(H,36,40)/t20-,23-/m0/s1. The van der Waals surface area contributed by atoms with Crippen molar-refractivity contribution in [1.29, 1.82) is 5.41 Å². The van der Waals surface area contributed by atoms with E-state index in [1.165, 1.54) is 18.6 Å². The number of para-hydroxylation sites is 1. The lowest BCUT2D eigenvalue weighted by Crippen LogP contribution is -2.53. The number of likely N-dealkylation sites (tertiary alicyclic amines) is 1. The maximum absolute atomic E-state index is 13.8. The zero-order valence-electron chi connectivity index (χ0n) is 24.0. The summed E-state index contributed by atoms with van der Waals surface area (Å²) in [6, 6.07) is 7.66. The zero-order chi connectivity index (χ0) is 30.6. The van der Waals surface area contributed by atoms with Crippen LogP contribution >= 0.6 is 0 Å². The van der Waals surface area contributed by atoms with Gasteiger partial charge < -0.3 is 36.2 Å². The number of ether oxygens (including phenoxy) is 1. The third-order valence-corrected chi connectivity index (χ3v) is 7.29. The van der Waals surface area contributed by atoms with Crippen molar-refractivity contribution in [2.45, 2.75) is 44.2 Å². The summed E-state index contributed by atoms with van der Waals surface area (Å²) >= 11 is 0. The van der Waals surface area contributed by atoms with Crippen molar-refractivity contribution in [2.75, 3.05) is 39.3 Å². The van der Waals surface area contributed by atoms with Gasteiger partial charge in [-0.1, -0.05) is 18.2 Å². The number of rotatable bonds is 14. The minimum atomic E-state index is -1.12. The lowest BCUT2D eigenvalue weighted by molar-refractivity contribution is -0.139. The molecule has 43 heavy (non-hydrogen) atoms. The molecule has 1 saturated carbocycles. The molecule has 4 amide bonds. The number of carbonyl (C=O) groups is 4. The maximum atomic E-state index is 13.8. The number of hydrogen-bond acceptors (Lipinski definition) is 8. The van der Waals surface area contributed by atoms with Crippen molar-refractivity contribution in [3.05, 3.63) is 54.6 Å². The van der Waals surface area contributed by atoms with Crippen LogP contribution in [-0.4, -0.2) is 101 Å². The largest absolute Gasteiger partial charge is 0.484 e. The lowest BCUT2D eigenvalue weighted by atomic mass is 9.98. The van der Waals surface area contributed by atoms with Crippen molar-refractivity contribution < 1.29 is 23.9 Å². The normalized spacial score (nSPS) is 16.8. The number of hydrogen-bond donors (Lipinski definition) is 5. The van der Waals surface area contributed by atoms with Crippen LogP contribution in [0, 0.1) is 11.3 Å². The van der Waals surface area contributed by atoms with Crippen LogP contribution in [0.5, 0.6) is 5.75 Å². The Morgan fingerprint density at radius 1 is 1.09 bits per heavy atom. The van der Waals surface area contributed by atoms with Crippen LogP contribution in [-0.2, 0) is 14.4 Å². The van der Waals surface area contributed by atoms with E-state index in [1.807, 2.05) is 6.07 Å². The summed E-state index contributed by atoms with van der Waals surface area (Å²) in [6.45, 7) is 1.69. The molecule has 0 bridgehead atoms. The number of amides is 4. The SMILES string of the molecule is N=C(N)N1CCC[C@@H](CNC(=O)C[C@H](NC(=O)COc2ccccc2)C(=O)N(CCNC(=O)c2cnccn2)C2CC2)C1. The van der Waals surface area contributed by atoms with Crippen LogP contribution in [0.4, 0.5) is 0 Å². The van der Waals surface area contributed by atoms with Gasteiger partial charge in [0, 0.05) is 51.2 Å².